The second-order valence-electron chi connectivity index (χ2n) is 2.55. The molecule has 15 heavy (non-hydrogen) atoms. The van der Waals surface area contributed by atoms with Gasteiger partial charge in [0.05, 0.1) is 0 Å². The van der Waals surface area contributed by atoms with E-state index in [1.807, 2.05) is 26.0 Å². The third kappa shape index (κ3) is 9.71. The van der Waals surface area contributed by atoms with E-state index in [4.69, 9.17) is 6.42 Å². The van der Waals surface area contributed by atoms with Crippen LogP contribution in [-0.4, -0.2) is 22.4 Å². The minimum Gasteiger partial charge on any atom is -0.259 e. The molecule has 0 aliphatic rings. The zero-order valence-electron chi connectivity index (χ0n) is 9.27. The van der Waals surface area contributed by atoms with Gasteiger partial charge in [0.15, 0.2) is 0 Å². The molecule has 0 amide bonds. The summed E-state index contributed by atoms with van der Waals surface area (Å²) in [5.41, 5.74) is 0. The minimum atomic E-state index is 0.473. The third-order valence-electron chi connectivity index (χ3n) is 1.38. The molecule has 82 valence electrons. The summed E-state index contributed by atoms with van der Waals surface area (Å²) in [6, 6.07) is 0. The van der Waals surface area contributed by atoms with E-state index in [1.165, 1.54) is 0 Å². The van der Waals surface area contributed by atoms with Gasteiger partial charge in [-0.05, 0) is 13.8 Å². The molecule has 0 saturated carbocycles. The molecular weight excluding hydrogens is 222 g/mol. The fourth-order valence-electron chi connectivity index (χ4n) is 0.674. The lowest BCUT2D eigenvalue weighted by atomic mass is 10.6. The van der Waals surface area contributed by atoms with Crippen LogP contribution >= 0.6 is 23.5 Å². The summed E-state index contributed by atoms with van der Waals surface area (Å²) in [5, 5.41) is 0. The second kappa shape index (κ2) is 11.5. The van der Waals surface area contributed by atoms with Crippen molar-refractivity contribution < 1.29 is 0 Å². The van der Waals surface area contributed by atoms with Gasteiger partial charge >= 0.3 is 0 Å². The number of nitrogens with zero attached hydrogens (tertiary/aromatic N) is 1. The van der Waals surface area contributed by atoms with E-state index in [0.717, 1.165) is 15.9 Å². The smallest absolute Gasteiger partial charge is 0.126 e. The lowest BCUT2D eigenvalue weighted by Crippen LogP contribution is -1.90. The van der Waals surface area contributed by atoms with E-state index in [-0.39, 0.29) is 0 Å². The van der Waals surface area contributed by atoms with Crippen molar-refractivity contribution in [2.45, 2.75) is 13.8 Å². The van der Waals surface area contributed by atoms with Crippen LogP contribution in [0.25, 0.3) is 0 Å². The molecule has 3 heteroatoms. The average Bonchev–Trinajstić information content (AvgIpc) is 2.25. The summed E-state index contributed by atoms with van der Waals surface area (Å²) in [5.74, 6) is 4.45. The molecule has 0 aromatic carbocycles. The Kier molecular flexibility index (Phi) is 11.0. The Morgan fingerprint density at radius 3 is 2.13 bits per heavy atom. The van der Waals surface area contributed by atoms with Gasteiger partial charge in [0, 0.05) is 11.5 Å². The molecule has 0 bridgehead atoms. The molecular formula is C12H17NS2. The van der Waals surface area contributed by atoms with Gasteiger partial charge in [-0.1, -0.05) is 53.7 Å². The molecule has 0 spiro atoms. The summed E-state index contributed by atoms with van der Waals surface area (Å²) < 4.78 is 1.07. The summed E-state index contributed by atoms with van der Waals surface area (Å²) in [7, 11) is 0. The summed E-state index contributed by atoms with van der Waals surface area (Å²) in [4.78, 5) is 4.32. The van der Waals surface area contributed by atoms with Crippen molar-refractivity contribution in [2.24, 2.45) is 4.99 Å². The fourth-order valence-corrected chi connectivity index (χ4v) is 2.59. The van der Waals surface area contributed by atoms with Crippen LogP contribution in [0.1, 0.15) is 13.8 Å². The number of allylic oxidation sites excluding steroid dienone is 2. The highest BCUT2D eigenvalue weighted by Gasteiger charge is 1.97. The van der Waals surface area contributed by atoms with Crippen LogP contribution < -0.4 is 0 Å². The minimum absolute atomic E-state index is 0.473. The predicted molar refractivity (Wildman–Crippen MR) is 75.7 cm³/mol. The molecule has 0 heterocycles. The fraction of sp³-hybridized carbons (Fsp3) is 0.417. The van der Waals surface area contributed by atoms with Gasteiger partial charge in [0.25, 0.3) is 0 Å². The average molecular weight is 239 g/mol. The largest absolute Gasteiger partial charge is 0.259 e. The monoisotopic (exact) mass is 239 g/mol. The number of aliphatic imine (C=N–C) groups is 1. The van der Waals surface area contributed by atoms with Crippen molar-refractivity contribution in [2.75, 3.05) is 18.1 Å². The quantitative estimate of drug-likeness (QED) is 0.314. The molecule has 0 N–H and O–H groups in total. The molecule has 0 fully saturated rings. The van der Waals surface area contributed by atoms with E-state index >= 15 is 0 Å². The first-order valence-corrected chi connectivity index (χ1v) is 6.78. The van der Waals surface area contributed by atoms with E-state index in [9.17, 15) is 0 Å². The van der Waals surface area contributed by atoms with Crippen LogP contribution in [0, 0.1) is 12.3 Å². The first-order valence-electron chi connectivity index (χ1n) is 4.81. The van der Waals surface area contributed by atoms with E-state index in [1.54, 1.807) is 23.5 Å². The number of thioether (sulfide) groups is 2. The lowest BCUT2D eigenvalue weighted by molar-refractivity contribution is 1.31. The molecule has 0 rings (SSSR count). The lowest BCUT2D eigenvalue weighted by Gasteiger charge is -2.01. The first kappa shape index (κ1) is 14.4. The van der Waals surface area contributed by atoms with Gasteiger partial charge < -0.3 is 0 Å². The van der Waals surface area contributed by atoms with Crippen molar-refractivity contribution in [3.8, 4) is 12.3 Å². The summed E-state index contributed by atoms with van der Waals surface area (Å²) >= 11 is 3.47. The maximum absolute atomic E-state index is 5.18. The van der Waals surface area contributed by atoms with Crippen LogP contribution in [0.2, 0.25) is 0 Å². The first-order chi connectivity index (χ1) is 7.35. The highest BCUT2D eigenvalue weighted by molar-refractivity contribution is 8.39. The van der Waals surface area contributed by atoms with Crippen LogP contribution in [0.5, 0.6) is 0 Å². The highest BCUT2D eigenvalue weighted by atomic mass is 32.2. The van der Waals surface area contributed by atoms with Crippen LogP contribution in [0.3, 0.4) is 0 Å². The van der Waals surface area contributed by atoms with Gasteiger partial charge in [0.1, 0.15) is 10.9 Å². The normalized spacial score (nSPS) is 10.7. The Hall–Kier alpha value is -0.590. The number of hydrogen-bond acceptors (Lipinski definition) is 3. The third-order valence-corrected chi connectivity index (χ3v) is 3.55. The number of terminal acetylenes is 1. The molecule has 0 radical (unpaired) electrons. The van der Waals surface area contributed by atoms with Gasteiger partial charge in [0.2, 0.25) is 0 Å². The molecule has 0 unspecified atom stereocenters. The molecule has 1 nitrogen and oxygen atoms in total. The molecule has 0 atom stereocenters. The van der Waals surface area contributed by atoms with Crippen molar-refractivity contribution >= 4 is 27.9 Å². The topological polar surface area (TPSA) is 12.4 Å². The predicted octanol–water partition coefficient (Wildman–Crippen LogP) is 3.59. The zero-order valence-corrected chi connectivity index (χ0v) is 10.9. The zero-order chi connectivity index (χ0) is 11.4. The van der Waals surface area contributed by atoms with Crippen molar-refractivity contribution in [1.82, 2.24) is 0 Å². The standard InChI is InChI=1S/C12H17NS2/c1-4-7-10-14-12(13-9-6-3)15-11-8-5-2/h3-5,7-8H,9-11H2,1-2H3/b7-4+,8-5+. The van der Waals surface area contributed by atoms with E-state index < -0.39 is 0 Å². The van der Waals surface area contributed by atoms with Crippen LogP contribution in [-0.2, 0) is 0 Å². The Balaban J connectivity index is 4.01. The Labute approximate surface area is 102 Å². The van der Waals surface area contributed by atoms with Crippen molar-refractivity contribution in [3.63, 3.8) is 0 Å². The Bertz CT molecular complexity index is 254. The number of hydrogen-bond donors (Lipinski definition) is 0. The maximum atomic E-state index is 5.18. The van der Waals surface area contributed by atoms with Gasteiger partial charge in [-0.25, -0.2) is 0 Å². The van der Waals surface area contributed by atoms with Gasteiger partial charge in [-0.15, -0.1) is 6.42 Å². The maximum Gasteiger partial charge on any atom is 0.126 e. The molecule has 0 aromatic rings. The van der Waals surface area contributed by atoms with Crippen molar-refractivity contribution in [1.29, 1.82) is 0 Å². The molecule has 0 aliphatic heterocycles. The molecule has 0 aromatic heterocycles. The summed E-state index contributed by atoms with van der Waals surface area (Å²) in [6.07, 6.45) is 13.5. The Morgan fingerprint density at radius 2 is 1.73 bits per heavy atom. The van der Waals surface area contributed by atoms with E-state index in [0.29, 0.717) is 6.54 Å². The van der Waals surface area contributed by atoms with Crippen molar-refractivity contribution in [3.05, 3.63) is 24.3 Å². The molecule has 0 saturated heterocycles. The van der Waals surface area contributed by atoms with Crippen LogP contribution in [0.15, 0.2) is 29.3 Å². The van der Waals surface area contributed by atoms with Gasteiger partial charge in [-0.3, -0.25) is 4.99 Å². The summed E-state index contributed by atoms with van der Waals surface area (Å²) in [6.45, 7) is 4.51. The SMILES string of the molecule is C#CCN=C(SC/C=C/C)SC/C=C/C. The number of rotatable bonds is 5. The van der Waals surface area contributed by atoms with Gasteiger partial charge in [-0.2, -0.15) is 0 Å². The Morgan fingerprint density at radius 1 is 1.20 bits per heavy atom. The highest BCUT2D eigenvalue weighted by Crippen LogP contribution is 2.17. The van der Waals surface area contributed by atoms with E-state index in [2.05, 4.69) is 23.1 Å². The van der Waals surface area contributed by atoms with Crippen LogP contribution in [0.4, 0.5) is 0 Å². The molecule has 0 aliphatic carbocycles. The second-order valence-corrected chi connectivity index (χ2v) is 4.82.